The fraction of sp³-hybridized carbons (Fsp3) is 0.316. The summed E-state index contributed by atoms with van der Waals surface area (Å²) in [7, 11) is 0. The van der Waals surface area contributed by atoms with Gasteiger partial charge in [0.1, 0.15) is 11.4 Å². The van der Waals surface area contributed by atoms with Crippen LogP contribution in [-0.4, -0.2) is 20.5 Å². The normalized spacial score (nSPS) is 12.6. The quantitative estimate of drug-likeness (QED) is 0.733. The van der Waals surface area contributed by atoms with Crippen LogP contribution in [0.1, 0.15) is 30.2 Å². The molecule has 0 spiro atoms. The number of phenols is 1. The van der Waals surface area contributed by atoms with Gasteiger partial charge in [0.2, 0.25) is 0 Å². The van der Waals surface area contributed by atoms with Crippen LogP contribution in [-0.2, 0) is 13.0 Å². The van der Waals surface area contributed by atoms with Crippen molar-refractivity contribution in [2.45, 2.75) is 39.3 Å². The summed E-state index contributed by atoms with van der Waals surface area (Å²) in [5.41, 5.74) is 4.65. The zero-order valence-corrected chi connectivity index (χ0v) is 13.7. The Kier molecular flexibility index (Phi) is 4.63. The van der Waals surface area contributed by atoms with Crippen molar-refractivity contribution < 1.29 is 5.11 Å². The molecule has 0 fully saturated rings. The molecule has 0 aliphatic heterocycles. The van der Waals surface area contributed by atoms with Crippen LogP contribution in [0.25, 0.3) is 5.65 Å². The van der Waals surface area contributed by atoms with Crippen LogP contribution in [0.5, 0.6) is 5.75 Å². The molecule has 2 aromatic heterocycles. The molecule has 3 aromatic rings. The number of nitrogens with zero attached hydrogens (tertiary/aromatic N) is 2. The van der Waals surface area contributed by atoms with E-state index in [1.807, 2.05) is 18.3 Å². The third-order valence-electron chi connectivity index (χ3n) is 4.24. The van der Waals surface area contributed by atoms with Crippen molar-refractivity contribution in [3.63, 3.8) is 0 Å². The monoisotopic (exact) mass is 309 g/mol. The van der Waals surface area contributed by atoms with E-state index in [2.05, 4.69) is 46.9 Å². The van der Waals surface area contributed by atoms with Crippen LogP contribution in [0.2, 0.25) is 0 Å². The van der Waals surface area contributed by atoms with E-state index in [0.717, 1.165) is 25.0 Å². The number of hydrogen-bond donors (Lipinski definition) is 2. The zero-order valence-electron chi connectivity index (χ0n) is 13.7. The van der Waals surface area contributed by atoms with E-state index in [1.54, 1.807) is 12.1 Å². The highest BCUT2D eigenvalue weighted by Gasteiger charge is 2.07. The standard InChI is InChI=1S/C19H23N3O/c1-14-4-3-11-22-17(13-21-19(14)22)12-20-15(2)5-6-16-7-9-18(23)10-8-16/h3-4,7-11,13,15,20,23H,5-6,12H2,1-2H3/t15-/m0/s1. The SMILES string of the molecule is Cc1cccn2c(CN[C@@H](C)CCc3ccc(O)cc3)cnc12. The summed E-state index contributed by atoms with van der Waals surface area (Å²) in [6.07, 6.45) is 6.07. The van der Waals surface area contributed by atoms with E-state index in [1.165, 1.54) is 16.8 Å². The Morgan fingerprint density at radius 3 is 2.78 bits per heavy atom. The number of benzene rings is 1. The van der Waals surface area contributed by atoms with Crippen molar-refractivity contribution in [2.24, 2.45) is 0 Å². The molecular weight excluding hydrogens is 286 g/mol. The van der Waals surface area contributed by atoms with Gasteiger partial charge in [0.15, 0.2) is 0 Å². The Morgan fingerprint density at radius 1 is 1.22 bits per heavy atom. The van der Waals surface area contributed by atoms with Gasteiger partial charge in [-0.2, -0.15) is 0 Å². The summed E-state index contributed by atoms with van der Waals surface area (Å²) in [5.74, 6) is 0.322. The molecule has 0 saturated carbocycles. The minimum atomic E-state index is 0.322. The van der Waals surface area contributed by atoms with Gasteiger partial charge >= 0.3 is 0 Å². The topological polar surface area (TPSA) is 49.6 Å². The molecule has 4 nitrogen and oxygen atoms in total. The lowest BCUT2D eigenvalue weighted by Crippen LogP contribution is -2.26. The Morgan fingerprint density at radius 2 is 2.00 bits per heavy atom. The number of rotatable bonds is 6. The number of phenolic OH excluding ortho intramolecular Hbond substituents is 1. The van der Waals surface area contributed by atoms with Crippen LogP contribution in [0, 0.1) is 6.92 Å². The molecule has 2 heterocycles. The largest absolute Gasteiger partial charge is 0.508 e. The number of nitrogens with one attached hydrogen (secondary N) is 1. The molecular formula is C19H23N3O. The number of imidazole rings is 1. The van der Waals surface area contributed by atoms with Crippen molar-refractivity contribution in [3.8, 4) is 5.75 Å². The highest BCUT2D eigenvalue weighted by Crippen LogP contribution is 2.13. The lowest BCUT2D eigenvalue weighted by Gasteiger charge is -2.14. The highest BCUT2D eigenvalue weighted by molar-refractivity contribution is 5.48. The predicted molar refractivity (Wildman–Crippen MR) is 92.7 cm³/mol. The zero-order chi connectivity index (χ0) is 16.2. The van der Waals surface area contributed by atoms with Crippen molar-refractivity contribution in [2.75, 3.05) is 0 Å². The Hall–Kier alpha value is -2.33. The molecule has 0 bridgehead atoms. The summed E-state index contributed by atoms with van der Waals surface area (Å²) >= 11 is 0. The van der Waals surface area contributed by atoms with Crippen LogP contribution in [0.4, 0.5) is 0 Å². The second-order valence-electron chi connectivity index (χ2n) is 6.12. The average Bonchev–Trinajstić information content (AvgIpc) is 2.97. The maximum absolute atomic E-state index is 9.31. The van der Waals surface area contributed by atoms with Gasteiger partial charge in [-0.1, -0.05) is 18.2 Å². The van der Waals surface area contributed by atoms with Gasteiger partial charge in [0.25, 0.3) is 0 Å². The minimum Gasteiger partial charge on any atom is -0.508 e. The summed E-state index contributed by atoms with van der Waals surface area (Å²) < 4.78 is 2.15. The fourth-order valence-electron chi connectivity index (χ4n) is 2.76. The van der Waals surface area contributed by atoms with E-state index in [9.17, 15) is 5.11 Å². The summed E-state index contributed by atoms with van der Waals surface area (Å²) in [5, 5.41) is 12.9. The second-order valence-corrected chi connectivity index (χ2v) is 6.12. The number of fused-ring (bicyclic) bond motifs is 1. The molecule has 4 heteroatoms. The molecule has 1 atom stereocenters. The summed E-state index contributed by atoms with van der Waals surface area (Å²) in [6, 6.07) is 12.0. The molecule has 0 unspecified atom stereocenters. The van der Waals surface area contributed by atoms with Gasteiger partial charge in [-0.3, -0.25) is 0 Å². The third-order valence-corrected chi connectivity index (χ3v) is 4.24. The first-order valence-electron chi connectivity index (χ1n) is 8.06. The lowest BCUT2D eigenvalue weighted by atomic mass is 10.1. The van der Waals surface area contributed by atoms with E-state index >= 15 is 0 Å². The summed E-state index contributed by atoms with van der Waals surface area (Å²) in [4.78, 5) is 4.50. The van der Waals surface area contributed by atoms with E-state index in [-0.39, 0.29) is 0 Å². The van der Waals surface area contributed by atoms with Crippen molar-refractivity contribution >= 4 is 5.65 Å². The molecule has 23 heavy (non-hydrogen) atoms. The van der Waals surface area contributed by atoms with Gasteiger partial charge in [0, 0.05) is 18.8 Å². The number of hydrogen-bond acceptors (Lipinski definition) is 3. The number of aromatic hydroxyl groups is 1. The van der Waals surface area contributed by atoms with Gasteiger partial charge in [0.05, 0.1) is 11.9 Å². The van der Waals surface area contributed by atoms with Crippen molar-refractivity contribution in [1.29, 1.82) is 0 Å². The molecule has 3 rings (SSSR count). The average molecular weight is 309 g/mol. The highest BCUT2D eigenvalue weighted by atomic mass is 16.3. The smallest absolute Gasteiger partial charge is 0.139 e. The molecule has 2 N–H and O–H groups in total. The molecule has 120 valence electrons. The molecule has 0 saturated heterocycles. The van der Waals surface area contributed by atoms with Crippen LogP contribution in [0.3, 0.4) is 0 Å². The Labute approximate surface area is 136 Å². The minimum absolute atomic E-state index is 0.322. The fourth-order valence-corrected chi connectivity index (χ4v) is 2.76. The van der Waals surface area contributed by atoms with Crippen molar-refractivity contribution in [3.05, 3.63) is 65.6 Å². The second kappa shape index (κ2) is 6.84. The van der Waals surface area contributed by atoms with Gasteiger partial charge < -0.3 is 14.8 Å². The Bertz CT molecular complexity index is 777. The van der Waals surface area contributed by atoms with Crippen LogP contribution < -0.4 is 5.32 Å². The van der Waals surface area contributed by atoms with Gasteiger partial charge in [-0.25, -0.2) is 4.98 Å². The number of pyridine rings is 1. The summed E-state index contributed by atoms with van der Waals surface area (Å²) in [6.45, 7) is 5.09. The first kappa shape index (κ1) is 15.6. The first-order valence-corrected chi connectivity index (χ1v) is 8.06. The van der Waals surface area contributed by atoms with Crippen LogP contribution in [0.15, 0.2) is 48.8 Å². The number of aromatic nitrogens is 2. The van der Waals surface area contributed by atoms with Crippen molar-refractivity contribution in [1.82, 2.24) is 14.7 Å². The van der Waals surface area contributed by atoms with E-state index in [0.29, 0.717) is 11.8 Å². The molecule has 0 amide bonds. The predicted octanol–water partition coefficient (Wildman–Crippen LogP) is 3.46. The van der Waals surface area contributed by atoms with Crippen LogP contribution >= 0.6 is 0 Å². The third kappa shape index (κ3) is 3.71. The maximum Gasteiger partial charge on any atom is 0.139 e. The molecule has 0 radical (unpaired) electrons. The van der Waals surface area contributed by atoms with Gasteiger partial charge in [-0.15, -0.1) is 0 Å². The van der Waals surface area contributed by atoms with Gasteiger partial charge in [-0.05, 0) is 56.0 Å². The van der Waals surface area contributed by atoms with E-state index in [4.69, 9.17) is 0 Å². The maximum atomic E-state index is 9.31. The van der Waals surface area contributed by atoms with E-state index < -0.39 is 0 Å². The number of aryl methyl sites for hydroxylation is 2. The first-order chi connectivity index (χ1) is 11.1. The molecule has 1 aromatic carbocycles. The molecule has 0 aliphatic rings. The lowest BCUT2D eigenvalue weighted by molar-refractivity contribution is 0.474. The Balaban J connectivity index is 1.55. The molecule has 0 aliphatic carbocycles.